The lowest BCUT2D eigenvalue weighted by Crippen LogP contribution is -1.98. The van der Waals surface area contributed by atoms with Gasteiger partial charge in [-0.1, -0.05) is 0 Å². The summed E-state index contributed by atoms with van der Waals surface area (Å²) < 4.78 is 7.12. The van der Waals surface area contributed by atoms with Gasteiger partial charge in [0.05, 0.1) is 20.7 Å². The van der Waals surface area contributed by atoms with Gasteiger partial charge in [0.1, 0.15) is 11.6 Å². The SMILES string of the molecule is c1cnc2cc(Oc3ccncc3)nc(Nc3ccc4nc(C5CC5)sc4c3)c2c1. The fraction of sp³-hybridized carbons (Fsp3) is 0.130. The van der Waals surface area contributed by atoms with E-state index >= 15 is 0 Å². The van der Waals surface area contributed by atoms with Crippen LogP contribution in [0.25, 0.3) is 21.1 Å². The van der Waals surface area contributed by atoms with E-state index in [4.69, 9.17) is 14.7 Å². The molecule has 4 heterocycles. The predicted molar refractivity (Wildman–Crippen MR) is 119 cm³/mol. The van der Waals surface area contributed by atoms with Crippen LogP contribution in [-0.2, 0) is 0 Å². The summed E-state index contributed by atoms with van der Waals surface area (Å²) in [7, 11) is 0. The van der Waals surface area contributed by atoms with E-state index < -0.39 is 0 Å². The van der Waals surface area contributed by atoms with Gasteiger partial charge in [0.25, 0.3) is 0 Å². The summed E-state index contributed by atoms with van der Waals surface area (Å²) in [6, 6.07) is 15.6. The molecule has 0 unspecified atom stereocenters. The van der Waals surface area contributed by atoms with E-state index in [1.165, 1.54) is 22.5 Å². The summed E-state index contributed by atoms with van der Waals surface area (Å²) in [6.45, 7) is 0. The van der Waals surface area contributed by atoms with Gasteiger partial charge in [-0.3, -0.25) is 9.97 Å². The molecule has 5 aromatic rings. The summed E-state index contributed by atoms with van der Waals surface area (Å²) in [4.78, 5) is 18.0. The van der Waals surface area contributed by atoms with E-state index in [-0.39, 0.29) is 0 Å². The lowest BCUT2D eigenvalue weighted by molar-refractivity contribution is 0.464. The largest absolute Gasteiger partial charge is 0.439 e. The molecule has 0 radical (unpaired) electrons. The van der Waals surface area contributed by atoms with Gasteiger partial charge in [-0.15, -0.1) is 11.3 Å². The Labute approximate surface area is 176 Å². The standard InChI is InChI=1S/C23H17N5OS/c1-2-17-19(25-9-1)13-21(29-16-7-10-24-11-8-16)28-22(17)26-15-5-6-18-20(12-15)30-23(27-18)14-3-4-14/h1-2,5-14H,3-4H2,(H,26,28). The van der Waals surface area contributed by atoms with E-state index in [1.807, 2.05) is 24.3 Å². The Bertz CT molecular complexity index is 1360. The quantitative estimate of drug-likeness (QED) is 0.380. The van der Waals surface area contributed by atoms with E-state index in [2.05, 4.69) is 27.4 Å². The van der Waals surface area contributed by atoms with Gasteiger partial charge in [0.2, 0.25) is 5.88 Å². The maximum absolute atomic E-state index is 5.93. The van der Waals surface area contributed by atoms with E-state index in [0.29, 0.717) is 23.4 Å². The molecule has 0 spiro atoms. The smallest absolute Gasteiger partial charge is 0.223 e. The van der Waals surface area contributed by atoms with E-state index in [9.17, 15) is 0 Å². The first-order valence-electron chi connectivity index (χ1n) is 9.83. The van der Waals surface area contributed by atoms with Crippen molar-refractivity contribution in [1.29, 1.82) is 0 Å². The molecule has 0 atom stereocenters. The molecule has 0 amide bonds. The number of nitrogens with zero attached hydrogens (tertiary/aromatic N) is 4. The zero-order chi connectivity index (χ0) is 19.9. The maximum atomic E-state index is 5.93. The van der Waals surface area contributed by atoms with Crippen molar-refractivity contribution in [3.8, 4) is 11.6 Å². The van der Waals surface area contributed by atoms with Crippen LogP contribution < -0.4 is 10.1 Å². The molecule has 1 N–H and O–H groups in total. The molecule has 0 aliphatic heterocycles. The molecule has 7 heteroatoms. The Morgan fingerprint density at radius 1 is 0.933 bits per heavy atom. The number of ether oxygens (including phenoxy) is 1. The molecule has 1 fully saturated rings. The highest BCUT2D eigenvalue weighted by atomic mass is 32.1. The van der Waals surface area contributed by atoms with Crippen molar-refractivity contribution < 1.29 is 4.74 Å². The highest BCUT2D eigenvalue weighted by Crippen LogP contribution is 2.43. The molecular weight excluding hydrogens is 394 g/mol. The van der Waals surface area contributed by atoms with Crippen LogP contribution in [0, 0.1) is 0 Å². The number of nitrogens with one attached hydrogen (secondary N) is 1. The molecule has 4 aromatic heterocycles. The second kappa shape index (κ2) is 7.03. The highest BCUT2D eigenvalue weighted by Gasteiger charge is 2.27. The van der Waals surface area contributed by atoms with Crippen molar-refractivity contribution in [2.45, 2.75) is 18.8 Å². The van der Waals surface area contributed by atoms with E-state index in [0.717, 1.165) is 22.1 Å². The normalized spacial score (nSPS) is 13.6. The lowest BCUT2D eigenvalue weighted by Gasteiger charge is -2.11. The monoisotopic (exact) mass is 411 g/mol. The summed E-state index contributed by atoms with van der Waals surface area (Å²) in [6.07, 6.45) is 7.67. The van der Waals surface area contributed by atoms with Crippen molar-refractivity contribution >= 4 is 44.0 Å². The van der Waals surface area contributed by atoms with Crippen LogP contribution in [0.15, 0.2) is 67.1 Å². The average Bonchev–Trinajstić information content (AvgIpc) is 3.54. The van der Waals surface area contributed by atoms with E-state index in [1.54, 1.807) is 42.1 Å². The van der Waals surface area contributed by atoms with Crippen LogP contribution in [0.3, 0.4) is 0 Å². The minimum atomic E-state index is 0.477. The molecule has 6 nitrogen and oxygen atoms in total. The summed E-state index contributed by atoms with van der Waals surface area (Å²) >= 11 is 1.79. The minimum Gasteiger partial charge on any atom is -0.439 e. The van der Waals surface area contributed by atoms with Crippen LogP contribution in [0.5, 0.6) is 11.6 Å². The third kappa shape index (κ3) is 3.33. The molecule has 146 valence electrons. The number of thiazole rings is 1. The first kappa shape index (κ1) is 17.3. The minimum absolute atomic E-state index is 0.477. The average molecular weight is 411 g/mol. The summed E-state index contributed by atoms with van der Waals surface area (Å²) in [5, 5.41) is 5.64. The summed E-state index contributed by atoms with van der Waals surface area (Å²) in [5.74, 6) is 2.52. The van der Waals surface area contributed by atoms with Crippen LogP contribution in [-0.4, -0.2) is 19.9 Å². The number of fused-ring (bicyclic) bond motifs is 2. The molecular formula is C23H17N5OS. The van der Waals surface area contributed by atoms with Gasteiger partial charge < -0.3 is 10.1 Å². The topological polar surface area (TPSA) is 72.8 Å². The Morgan fingerprint density at radius 2 is 1.83 bits per heavy atom. The zero-order valence-electron chi connectivity index (χ0n) is 15.9. The number of hydrogen-bond donors (Lipinski definition) is 1. The first-order chi connectivity index (χ1) is 14.8. The Morgan fingerprint density at radius 3 is 2.70 bits per heavy atom. The Hall–Kier alpha value is -3.58. The van der Waals surface area contributed by atoms with Crippen molar-refractivity contribution in [2.24, 2.45) is 0 Å². The van der Waals surface area contributed by atoms with Crippen LogP contribution >= 0.6 is 11.3 Å². The Kier molecular flexibility index (Phi) is 4.06. The maximum Gasteiger partial charge on any atom is 0.223 e. The van der Waals surface area contributed by atoms with Gasteiger partial charge in [0.15, 0.2) is 0 Å². The first-order valence-corrected chi connectivity index (χ1v) is 10.6. The summed E-state index contributed by atoms with van der Waals surface area (Å²) in [5.41, 5.74) is 2.84. The predicted octanol–water partition coefficient (Wildman–Crippen LogP) is 6.05. The molecule has 6 rings (SSSR count). The fourth-order valence-electron chi connectivity index (χ4n) is 3.39. The molecule has 0 bridgehead atoms. The third-order valence-corrected chi connectivity index (χ3v) is 6.22. The fourth-order valence-corrected chi connectivity index (χ4v) is 4.56. The molecule has 0 saturated heterocycles. The molecule has 1 aromatic carbocycles. The van der Waals surface area contributed by atoms with Gasteiger partial charge in [-0.05, 0) is 55.3 Å². The molecule has 1 aliphatic rings. The number of pyridine rings is 3. The molecule has 1 saturated carbocycles. The third-order valence-electron chi connectivity index (χ3n) is 5.04. The second-order valence-electron chi connectivity index (χ2n) is 7.30. The number of benzene rings is 1. The molecule has 1 aliphatic carbocycles. The van der Waals surface area contributed by atoms with Crippen molar-refractivity contribution in [1.82, 2.24) is 19.9 Å². The van der Waals surface area contributed by atoms with Gasteiger partial charge >= 0.3 is 0 Å². The molecule has 30 heavy (non-hydrogen) atoms. The van der Waals surface area contributed by atoms with Crippen LogP contribution in [0.1, 0.15) is 23.8 Å². The number of hydrogen-bond acceptors (Lipinski definition) is 7. The van der Waals surface area contributed by atoms with Crippen LogP contribution in [0.2, 0.25) is 0 Å². The lowest BCUT2D eigenvalue weighted by atomic mass is 10.2. The highest BCUT2D eigenvalue weighted by molar-refractivity contribution is 7.18. The number of anilines is 2. The van der Waals surface area contributed by atoms with Crippen molar-refractivity contribution in [3.63, 3.8) is 0 Å². The van der Waals surface area contributed by atoms with Crippen molar-refractivity contribution in [2.75, 3.05) is 5.32 Å². The van der Waals surface area contributed by atoms with Crippen molar-refractivity contribution in [3.05, 3.63) is 72.1 Å². The van der Waals surface area contributed by atoms with Gasteiger partial charge in [-0.2, -0.15) is 4.98 Å². The van der Waals surface area contributed by atoms with Crippen LogP contribution in [0.4, 0.5) is 11.5 Å². The van der Waals surface area contributed by atoms with Gasteiger partial charge in [-0.25, -0.2) is 4.98 Å². The Balaban J connectivity index is 1.38. The number of aromatic nitrogens is 4. The number of rotatable bonds is 5. The second-order valence-corrected chi connectivity index (χ2v) is 8.36. The van der Waals surface area contributed by atoms with Gasteiger partial charge in [0, 0.05) is 41.6 Å². The zero-order valence-corrected chi connectivity index (χ0v) is 16.8.